The van der Waals surface area contributed by atoms with Gasteiger partial charge in [0, 0.05) is 32.7 Å². The van der Waals surface area contributed by atoms with E-state index in [9.17, 15) is 9.59 Å². The smallest absolute Gasteiger partial charge is 0.320 e. The molecule has 2 heterocycles. The molecule has 21 heavy (non-hydrogen) atoms. The number of carboxylic acids is 1. The molecule has 6 nitrogen and oxygen atoms in total. The fourth-order valence-corrected chi connectivity index (χ4v) is 3.38. The molecule has 0 radical (unpaired) electrons. The number of nitrogens with zero attached hydrogens (tertiary/aromatic N) is 3. The lowest BCUT2D eigenvalue weighted by molar-refractivity contribution is -0.143. The first-order chi connectivity index (χ1) is 9.97. The van der Waals surface area contributed by atoms with Crippen molar-refractivity contribution >= 4 is 12.0 Å². The molecule has 0 bridgehead atoms. The third kappa shape index (κ3) is 4.33. The van der Waals surface area contributed by atoms with Crippen LogP contribution in [0.4, 0.5) is 4.79 Å². The van der Waals surface area contributed by atoms with E-state index in [0.29, 0.717) is 25.4 Å². The number of aliphatic carboxylic acids is 1. The standard InChI is InChI=1S/C15H27N3O3/c1-16(2)10-12-5-8-17(9-6-12)15(21)18-7-3-4-13(11-18)14(19)20/h12-13H,3-11H2,1-2H3,(H,19,20). The summed E-state index contributed by atoms with van der Waals surface area (Å²) in [5, 5.41) is 9.11. The number of carbonyl (C=O) groups excluding carboxylic acids is 1. The second-order valence-corrected chi connectivity index (χ2v) is 6.60. The molecule has 1 N–H and O–H groups in total. The van der Waals surface area contributed by atoms with Crippen molar-refractivity contribution in [2.24, 2.45) is 11.8 Å². The predicted octanol–water partition coefficient (Wildman–Crippen LogP) is 1.18. The number of rotatable bonds is 3. The molecule has 2 fully saturated rings. The van der Waals surface area contributed by atoms with Crippen molar-refractivity contribution in [3.05, 3.63) is 0 Å². The van der Waals surface area contributed by atoms with Gasteiger partial charge in [-0.25, -0.2) is 4.79 Å². The largest absolute Gasteiger partial charge is 0.481 e. The number of hydrogen-bond acceptors (Lipinski definition) is 3. The Kier molecular flexibility index (Phi) is 5.45. The number of carboxylic acid groups (broad SMARTS) is 1. The molecule has 0 saturated carbocycles. The van der Waals surface area contributed by atoms with Crippen LogP contribution in [-0.4, -0.2) is 78.6 Å². The summed E-state index contributed by atoms with van der Waals surface area (Å²) in [6, 6.07) is 0.0317. The topological polar surface area (TPSA) is 64.1 Å². The van der Waals surface area contributed by atoms with Gasteiger partial charge in [0.15, 0.2) is 0 Å². The monoisotopic (exact) mass is 297 g/mol. The Balaban J connectivity index is 1.82. The molecule has 0 aromatic rings. The van der Waals surface area contributed by atoms with Crippen LogP contribution >= 0.6 is 0 Å². The summed E-state index contributed by atoms with van der Waals surface area (Å²) in [6.07, 6.45) is 3.56. The lowest BCUT2D eigenvalue weighted by Gasteiger charge is -2.38. The SMILES string of the molecule is CN(C)CC1CCN(C(=O)N2CCCC(C(=O)O)C2)CC1. The first-order valence-electron chi connectivity index (χ1n) is 7.88. The van der Waals surface area contributed by atoms with Crippen LogP contribution in [0.15, 0.2) is 0 Å². The number of hydrogen-bond donors (Lipinski definition) is 1. The summed E-state index contributed by atoms with van der Waals surface area (Å²) in [5.41, 5.74) is 0. The second kappa shape index (κ2) is 7.11. The zero-order chi connectivity index (χ0) is 15.4. The molecule has 2 saturated heterocycles. The van der Waals surface area contributed by atoms with Crippen LogP contribution in [0.1, 0.15) is 25.7 Å². The maximum absolute atomic E-state index is 12.5. The van der Waals surface area contributed by atoms with Crippen LogP contribution < -0.4 is 0 Å². The van der Waals surface area contributed by atoms with Crippen molar-refractivity contribution in [2.75, 3.05) is 46.8 Å². The highest BCUT2D eigenvalue weighted by molar-refractivity contribution is 5.76. The Morgan fingerprint density at radius 2 is 1.76 bits per heavy atom. The number of carbonyl (C=O) groups is 2. The molecular weight excluding hydrogens is 270 g/mol. The highest BCUT2D eigenvalue weighted by Crippen LogP contribution is 2.22. The molecule has 0 aliphatic carbocycles. The Morgan fingerprint density at radius 3 is 2.33 bits per heavy atom. The minimum absolute atomic E-state index is 0.0317. The lowest BCUT2D eigenvalue weighted by Crippen LogP contribution is -2.51. The lowest BCUT2D eigenvalue weighted by atomic mass is 9.96. The first-order valence-corrected chi connectivity index (χ1v) is 7.88. The zero-order valence-electron chi connectivity index (χ0n) is 13.1. The molecule has 2 amide bonds. The van der Waals surface area contributed by atoms with E-state index < -0.39 is 11.9 Å². The summed E-state index contributed by atoms with van der Waals surface area (Å²) >= 11 is 0. The molecule has 0 spiro atoms. The summed E-state index contributed by atoms with van der Waals surface area (Å²) in [6.45, 7) is 3.73. The summed E-state index contributed by atoms with van der Waals surface area (Å²) in [7, 11) is 4.16. The molecule has 1 atom stereocenters. The van der Waals surface area contributed by atoms with Gasteiger partial charge in [0.2, 0.25) is 0 Å². The molecule has 2 aliphatic rings. The van der Waals surface area contributed by atoms with Crippen molar-refractivity contribution in [1.82, 2.24) is 14.7 Å². The van der Waals surface area contributed by atoms with E-state index in [1.807, 2.05) is 4.90 Å². The highest BCUT2D eigenvalue weighted by atomic mass is 16.4. The van der Waals surface area contributed by atoms with Gasteiger partial charge in [-0.05, 0) is 45.7 Å². The quantitative estimate of drug-likeness (QED) is 0.849. The Morgan fingerprint density at radius 1 is 1.10 bits per heavy atom. The van der Waals surface area contributed by atoms with E-state index in [2.05, 4.69) is 19.0 Å². The van der Waals surface area contributed by atoms with Crippen molar-refractivity contribution < 1.29 is 14.7 Å². The molecule has 6 heteroatoms. The van der Waals surface area contributed by atoms with Crippen molar-refractivity contribution in [3.8, 4) is 0 Å². The molecule has 0 aromatic heterocycles. The van der Waals surface area contributed by atoms with Gasteiger partial charge in [0.25, 0.3) is 0 Å². The summed E-state index contributed by atoms with van der Waals surface area (Å²) in [4.78, 5) is 29.4. The van der Waals surface area contributed by atoms with Gasteiger partial charge in [0.05, 0.1) is 5.92 Å². The van der Waals surface area contributed by atoms with E-state index in [1.54, 1.807) is 4.90 Å². The summed E-state index contributed by atoms with van der Waals surface area (Å²) in [5.74, 6) is -0.511. The van der Waals surface area contributed by atoms with Gasteiger partial charge in [-0.2, -0.15) is 0 Å². The van der Waals surface area contributed by atoms with E-state index in [-0.39, 0.29) is 6.03 Å². The van der Waals surface area contributed by atoms with Crippen LogP contribution in [0.5, 0.6) is 0 Å². The Bertz CT molecular complexity index is 378. The molecule has 1 unspecified atom stereocenters. The van der Waals surface area contributed by atoms with Crippen molar-refractivity contribution in [2.45, 2.75) is 25.7 Å². The number of likely N-dealkylation sites (tertiary alicyclic amines) is 2. The first kappa shape index (κ1) is 16.1. The van der Waals surface area contributed by atoms with Crippen LogP contribution in [0, 0.1) is 11.8 Å². The average Bonchev–Trinajstić information content (AvgIpc) is 2.47. The van der Waals surface area contributed by atoms with Gasteiger partial charge >= 0.3 is 12.0 Å². The molecule has 0 aromatic carbocycles. The minimum atomic E-state index is -0.780. The van der Waals surface area contributed by atoms with Gasteiger partial charge < -0.3 is 19.8 Å². The Labute approximate surface area is 126 Å². The van der Waals surface area contributed by atoms with Crippen molar-refractivity contribution in [3.63, 3.8) is 0 Å². The van der Waals surface area contributed by atoms with E-state index >= 15 is 0 Å². The second-order valence-electron chi connectivity index (χ2n) is 6.60. The van der Waals surface area contributed by atoms with Crippen LogP contribution in [0.2, 0.25) is 0 Å². The van der Waals surface area contributed by atoms with Crippen LogP contribution in [-0.2, 0) is 4.79 Å². The molecule has 2 rings (SSSR count). The van der Waals surface area contributed by atoms with E-state index in [0.717, 1.165) is 38.9 Å². The van der Waals surface area contributed by atoms with Crippen molar-refractivity contribution in [1.29, 1.82) is 0 Å². The minimum Gasteiger partial charge on any atom is -0.481 e. The van der Waals surface area contributed by atoms with Gasteiger partial charge in [-0.1, -0.05) is 0 Å². The van der Waals surface area contributed by atoms with Crippen LogP contribution in [0.3, 0.4) is 0 Å². The highest BCUT2D eigenvalue weighted by Gasteiger charge is 2.32. The van der Waals surface area contributed by atoms with Gasteiger partial charge in [-0.15, -0.1) is 0 Å². The summed E-state index contributed by atoms with van der Waals surface area (Å²) < 4.78 is 0. The maximum Gasteiger partial charge on any atom is 0.320 e. The number of urea groups is 1. The normalized spacial score (nSPS) is 24.4. The zero-order valence-corrected chi connectivity index (χ0v) is 13.1. The van der Waals surface area contributed by atoms with Gasteiger partial charge in [0.1, 0.15) is 0 Å². The van der Waals surface area contributed by atoms with Gasteiger partial charge in [-0.3, -0.25) is 4.79 Å². The fraction of sp³-hybridized carbons (Fsp3) is 0.867. The van der Waals surface area contributed by atoms with E-state index in [1.165, 1.54) is 0 Å². The fourth-order valence-electron chi connectivity index (χ4n) is 3.38. The molecule has 2 aliphatic heterocycles. The van der Waals surface area contributed by atoms with Crippen LogP contribution in [0.25, 0.3) is 0 Å². The predicted molar refractivity (Wildman–Crippen MR) is 80.2 cm³/mol. The third-order valence-corrected chi connectivity index (χ3v) is 4.55. The van der Waals surface area contributed by atoms with E-state index in [4.69, 9.17) is 5.11 Å². The average molecular weight is 297 g/mol. The third-order valence-electron chi connectivity index (χ3n) is 4.55. The molecular formula is C15H27N3O3. The maximum atomic E-state index is 12.5. The molecule has 120 valence electrons. The number of amides is 2. The Hall–Kier alpha value is -1.30. The number of piperidine rings is 2.